The van der Waals surface area contributed by atoms with Gasteiger partial charge in [0.1, 0.15) is 7.05 Å². The fourth-order valence-electron chi connectivity index (χ4n) is 4.82. The highest BCUT2D eigenvalue weighted by atomic mass is 16.3. The molecule has 0 radical (unpaired) electrons. The Balaban J connectivity index is 1.75. The quantitative estimate of drug-likeness (QED) is 0.374. The molecule has 4 aromatic rings. The molecule has 0 aliphatic heterocycles. The lowest BCUT2D eigenvalue weighted by atomic mass is 9.94. The first-order valence-electron chi connectivity index (χ1n) is 10.9. The highest BCUT2D eigenvalue weighted by Gasteiger charge is 2.24. The predicted octanol–water partition coefficient (Wildman–Crippen LogP) is 6.56. The fourth-order valence-corrected chi connectivity index (χ4v) is 4.82. The van der Waals surface area contributed by atoms with Gasteiger partial charge in [0.05, 0.1) is 5.56 Å². The zero-order chi connectivity index (χ0) is 20.1. The number of fused-ring (bicyclic) bond motifs is 3. The average Bonchev–Trinajstić information content (AvgIpc) is 3.36. The average molecular weight is 386 g/mol. The van der Waals surface area contributed by atoms with Gasteiger partial charge in [-0.05, 0) is 54.9 Å². The zero-order valence-electron chi connectivity index (χ0n) is 17.8. The van der Waals surface area contributed by atoms with Crippen LogP contribution < -0.4 is 4.57 Å². The van der Waals surface area contributed by atoms with Crippen LogP contribution in [-0.2, 0) is 7.05 Å². The fraction of sp³-hybridized carbons (Fsp3) is 0.385. The first kappa shape index (κ1) is 18.4. The molecule has 3 nitrogen and oxygen atoms in total. The van der Waals surface area contributed by atoms with Gasteiger partial charge in [0, 0.05) is 28.6 Å². The van der Waals surface area contributed by atoms with Crippen molar-refractivity contribution in [3.63, 3.8) is 0 Å². The van der Waals surface area contributed by atoms with E-state index >= 15 is 0 Å². The molecule has 1 saturated carbocycles. The summed E-state index contributed by atoms with van der Waals surface area (Å²) in [5.41, 5.74) is 7.88. The molecule has 0 atom stereocenters. The summed E-state index contributed by atoms with van der Waals surface area (Å²) in [5, 5.41) is 2.25. The van der Waals surface area contributed by atoms with Crippen LogP contribution in [-0.4, -0.2) is 4.98 Å². The van der Waals surface area contributed by atoms with Crippen LogP contribution in [0.2, 0.25) is 0 Å². The minimum atomic E-state index is 0.384. The molecular formula is C26H29N2O+. The Bertz CT molecular complexity index is 1210. The van der Waals surface area contributed by atoms with Crippen molar-refractivity contribution >= 4 is 22.1 Å². The van der Waals surface area contributed by atoms with Crippen LogP contribution in [0.15, 0.2) is 47.0 Å². The lowest BCUT2D eigenvalue weighted by molar-refractivity contribution is -0.660. The van der Waals surface area contributed by atoms with Crippen molar-refractivity contribution in [2.24, 2.45) is 7.05 Å². The van der Waals surface area contributed by atoms with Crippen molar-refractivity contribution in [3.8, 4) is 11.3 Å². The van der Waals surface area contributed by atoms with Gasteiger partial charge in [-0.3, -0.25) is 0 Å². The SMILES string of the molecule is Cc1ccc2c(oc3nc(C(C)C)ccc32)c1-c1cc(C2CCCC2)cc[n+]1C. The normalized spacial score (nSPS) is 15.2. The third-order valence-corrected chi connectivity index (χ3v) is 6.58. The van der Waals surface area contributed by atoms with Gasteiger partial charge < -0.3 is 4.42 Å². The number of nitrogens with zero attached hydrogens (tertiary/aromatic N) is 2. The number of pyridine rings is 2. The molecule has 29 heavy (non-hydrogen) atoms. The van der Waals surface area contributed by atoms with Gasteiger partial charge in [0.15, 0.2) is 11.8 Å². The molecule has 0 unspecified atom stereocenters. The zero-order valence-corrected chi connectivity index (χ0v) is 17.8. The van der Waals surface area contributed by atoms with Crippen LogP contribution in [0.5, 0.6) is 0 Å². The number of hydrogen-bond acceptors (Lipinski definition) is 2. The molecule has 3 heteroatoms. The Hall–Kier alpha value is -2.68. The van der Waals surface area contributed by atoms with Gasteiger partial charge in [0.25, 0.3) is 0 Å². The number of aromatic nitrogens is 2. The van der Waals surface area contributed by atoms with Crippen molar-refractivity contribution in [1.29, 1.82) is 0 Å². The molecular weight excluding hydrogens is 356 g/mol. The molecule has 148 valence electrons. The van der Waals surface area contributed by atoms with E-state index in [1.807, 2.05) is 0 Å². The Kier molecular flexibility index (Phi) is 4.42. The topological polar surface area (TPSA) is 29.9 Å². The van der Waals surface area contributed by atoms with E-state index in [1.165, 1.54) is 48.1 Å². The minimum absolute atomic E-state index is 0.384. The largest absolute Gasteiger partial charge is 0.437 e. The highest BCUT2D eigenvalue weighted by Crippen LogP contribution is 2.39. The van der Waals surface area contributed by atoms with E-state index in [0.29, 0.717) is 11.8 Å². The van der Waals surface area contributed by atoms with Crippen molar-refractivity contribution in [2.45, 2.75) is 58.3 Å². The molecule has 5 rings (SSSR count). The van der Waals surface area contributed by atoms with Crippen LogP contribution in [0.25, 0.3) is 33.3 Å². The second-order valence-electron chi connectivity index (χ2n) is 8.92. The standard InChI is InChI=1S/C26H29N2O/c1-16(2)22-12-11-21-20-10-9-17(3)24(25(20)29-26(21)27-22)23-15-19(13-14-28(23)4)18-7-5-6-8-18/h9-16,18H,5-8H2,1-4H3/q+1. The number of hydrogen-bond donors (Lipinski definition) is 0. The molecule has 0 saturated heterocycles. The summed E-state index contributed by atoms with van der Waals surface area (Å²) < 4.78 is 8.63. The van der Waals surface area contributed by atoms with Gasteiger partial charge >= 0.3 is 0 Å². The number of furan rings is 1. The maximum Gasteiger partial charge on any atom is 0.227 e. The van der Waals surface area contributed by atoms with Crippen molar-refractivity contribution < 1.29 is 8.98 Å². The summed E-state index contributed by atoms with van der Waals surface area (Å²) in [4.78, 5) is 4.81. The lowest BCUT2D eigenvalue weighted by Gasteiger charge is -2.11. The second kappa shape index (κ2) is 6.98. The van der Waals surface area contributed by atoms with Gasteiger partial charge in [-0.15, -0.1) is 0 Å². The monoisotopic (exact) mass is 385 g/mol. The van der Waals surface area contributed by atoms with E-state index in [9.17, 15) is 0 Å². The summed E-state index contributed by atoms with van der Waals surface area (Å²) in [5.74, 6) is 1.08. The Morgan fingerprint density at radius 1 is 1.03 bits per heavy atom. The molecule has 0 bridgehead atoms. The van der Waals surface area contributed by atoms with Crippen molar-refractivity contribution in [1.82, 2.24) is 4.98 Å². The summed E-state index contributed by atoms with van der Waals surface area (Å²) in [7, 11) is 2.13. The molecule has 3 aromatic heterocycles. The Morgan fingerprint density at radius 2 is 1.79 bits per heavy atom. The molecule has 3 heterocycles. The van der Waals surface area contributed by atoms with Crippen LogP contribution in [0.4, 0.5) is 0 Å². The van der Waals surface area contributed by atoms with E-state index in [4.69, 9.17) is 9.40 Å². The Morgan fingerprint density at radius 3 is 2.55 bits per heavy atom. The van der Waals surface area contributed by atoms with Gasteiger partial charge in [-0.25, -0.2) is 9.55 Å². The highest BCUT2D eigenvalue weighted by molar-refractivity contribution is 6.08. The number of rotatable bonds is 3. The third-order valence-electron chi connectivity index (χ3n) is 6.58. The molecule has 0 N–H and O–H groups in total. The molecule has 1 aliphatic carbocycles. The number of aryl methyl sites for hydroxylation is 2. The van der Waals surface area contributed by atoms with Gasteiger partial charge in [-0.2, -0.15) is 0 Å². The minimum Gasteiger partial charge on any atom is -0.437 e. The van der Waals surface area contributed by atoms with Crippen LogP contribution in [0.3, 0.4) is 0 Å². The smallest absolute Gasteiger partial charge is 0.227 e. The maximum absolute atomic E-state index is 6.41. The second-order valence-corrected chi connectivity index (χ2v) is 8.92. The lowest BCUT2D eigenvalue weighted by Crippen LogP contribution is -2.31. The molecule has 1 fully saturated rings. The van der Waals surface area contributed by atoms with E-state index in [-0.39, 0.29) is 0 Å². The first-order chi connectivity index (χ1) is 14.0. The van der Waals surface area contributed by atoms with Crippen molar-refractivity contribution in [3.05, 3.63) is 59.4 Å². The third kappa shape index (κ3) is 3.04. The van der Waals surface area contributed by atoms with Crippen LogP contribution in [0.1, 0.15) is 68.2 Å². The van der Waals surface area contributed by atoms with Crippen LogP contribution in [0, 0.1) is 6.92 Å². The van der Waals surface area contributed by atoms with Crippen LogP contribution >= 0.6 is 0 Å². The predicted molar refractivity (Wildman–Crippen MR) is 118 cm³/mol. The van der Waals surface area contributed by atoms with Gasteiger partial charge in [0.2, 0.25) is 11.4 Å². The van der Waals surface area contributed by atoms with E-state index in [0.717, 1.165) is 27.8 Å². The Labute approximate surface area is 172 Å². The summed E-state index contributed by atoms with van der Waals surface area (Å²) in [6, 6.07) is 13.4. The summed E-state index contributed by atoms with van der Waals surface area (Å²) >= 11 is 0. The maximum atomic E-state index is 6.41. The van der Waals surface area contributed by atoms with Gasteiger partial charge in [-0.1, -0.05) is 38.8 Å². The molecule has 1 aliphatic rings. The first-order valence-corrected chi connectivity index (χ1v) is 10.9. The molecule has 0 spiro atoms. The van der Waals surface area contributed by atoms with E-state index in [2.05, 4.69) is 75.0 Å². The van der Waals surface area contributed by atoms with E-state index in [1.54, 1.807) is 0 Å². The number of benzene rings is 1. The van der Waals surface area contributed by atoms with Crippen molar-refractivity contribution in [2.75, 3.05) is 0 Å². The summed E-state index contributed by atoms with van der Waals surface area (Å²) in [6.07, 6.45) is 7.52. The van der Waals surface area contributed by atoms with E-state index < -0.39 is 0 Å². The molecule has 0 amide bonds. The molecule has 1 aromatic carbocycles. The summed E-state index contributed by atoms with van der Waals surface area (Å²) in [6.45, 7) is 6.51.